The maximum absolute atomic E-state index is 12.4. The summed E-state index contributed by atoms with van der Waals surface area (Å²) in [6.07, 6.45) is 21.7. The van der Waals surface area contributed by atoms with Gasteiger partial charge in [0.25, 0.3) is 0 Å². The summed E-state index contributed by atoms with van der Waals surface area (Å²) in [5, 5.41) is 0. The summed E-state index contributed by atoms with van der Waals surface area (Å²) in [4.78, 5) is 17.0. The molecule has 0 saturated carbocycles. The summed E-state index contributed by atoms with van der Waals surface area (Å²) < 4.78 is 16.9. The number of methoxy groups -OCH3 is 1. The molecule has 0 amide bonds. The zero-order chi connectivity index (χ0) is 30.4. The minimum absolute atomic E-state index is 0.216. The fraction of sp³-hybridized carbons (Fsp3) is 0.474. The van der Waals surface area contributed by atoms with E-state index in [1.807, 2.05) is 66.7 Å². The highest BCUT2D eigenvalue weighted by Crippen LogP contribution is 2.29. The molecule has 232 valence electrons. The predicted molar refractivity (Wildman–Crippen MR) is 178 cm³/mol. The average molecular weight is 586 g/mol. The Morgan fingerprint density at radius 3 is 1.79 bits per heavy atom. The molecule has 0 bridgehead atoms. The van der Waals surface area contributed by atoms with Gasteiger partial charge in [-0.1, -0.05) is 115 Å². The van der Waals surface area contributed by atoms with E-state index in [1.54, 1.807) is 19.4 Å². The van der Waals surface area contributed by atoms with Crippen LogP contribution in [0.4, 0.5) is 5.69 Å². The normalized spacial score (nSPS) is 11.1. The Labute approximate surface area is 259 Å². The SMILES string of the molecule is CCCCCCCCCCCCCCCCCC(=O)Oc1ccc(C=Nc2ccc(Oc3ccccc3)cc2)cc1OC. The summed E-state index contributed by atoms with van der Waals surface area (Å²) in [5.41, 5.74) is 1.65. The summed E-state index contributed by atoms with van der Waals surface area (Å²) in [5.74, 6) is 2.28. The molecule has 5 heteroatoms. The van der Waals surface area contributed by atoms with E-state index in [2.05, 4.69) is 11.9 Å². The van der Waals surface area contributed by atoms with E-state index in [4.69, 9.17) is 14.2 Å². The fourth-order valence-corrected chi connectivity index (χ4v) is 5.04. The minimum atomic E-state index is -0.216. The van der Waals surface area contributed by atoms with Crippen LogP contribution in [0.2, 0.25) is 0 Å². The maximum atomic E-state index is 12.4. The third kappa shape index (κ3) is 14.4. The van der Waals surface area contributed by atoms with E-state index in [0.29, 0.717) is 17.9 Å². The highest BCUT2D eigenvalue weighted by molar-refractivity contribution is 5.83. The molecule has 43 heavy (non-hydrogen) atoms. The van der Waals surface area contributed by atoms with Gasteiger partial charge in [-0.05, 0) is 66.6 Å². The molecule has 0 radical (unpaired) electrons. The lowest BCUT2D eigenvalue weighted by Gasteiger charge is -2.10. The summed E-state index contributed by atoms with van der Waals surface area (Å²) in [6.45, 7) is 2.27. The Kier molecular flexibility index (Phi) is 16.7. The molecule has 0 aliphatic rings. The number of benzene rings is 3. The number of hydrogen-bond donors (Lipinski definition) is 0. The van der Waals surface area contributed by atoms with Crippen LogP contribution in [0.5, 0.6) is 23.0 Å². The van der Waals surface area contributed by atoms with E-state index in [0.717, 1.165) is 35.6 Å². The highest BCUT2D eigenvalue weighted by Gasteiger charge is 2.11. The lowest BCUT2D eigenvalue weighted by atomic mass is 10.0. The van der Waals surface area contributed by atoms with Crippen molar-refractivity contribution in [3.8, 4) is 23.0 Å². The summed E-state index contributed by atoms with van der Waals surface area (Å²) in [6, 6.07) is 22.7. The molecule has 0 aromatic heterocycles. The maximum Gasteiger partial charge on any atom is 0.311 e. The molecule has 0 unspecified atom stereocenters. The van der Waals surface area contributed by atoms with Gasteiger partial charge >= 0.3 is 5.97 Å². The van der Waals surface area contributed by atoms with Gasteiger partial charge in [0.1, 0.15) is 11.5 Å². The fourth-order valence-electron chi connectivity index (χ4n) is 5.04. The first-order valence-corrected chi connectivity index (χ1v) is 16.4. The molecule has 0 aliphatic heterocycles. The van der Waals surface area contributed by atoms with E-state index in [9.17, 15) is 4.79 Å². The average Bonchev–Trinajstić information content (AvgIpc) is 3.03. The van der Waals surface area contributed by atoms with Crippen LogP contribution in [0.3, 0.4) is 0 Å². The molecular weight excluding hydrogens is 534 g/mol. The number of carbonyl (C=O) groups excluding carboxylic acids is 1. The molecule has 5 nitrogen and oxygen atoms in total. The van der Waals surface area contributed by atoms with Crippen molar-refractivity contribution in [2.45, 2.75) is 110 Å². The van der Waals surface area contributed by atoms with Gasteiger partial charge in [0.05, 0.1) is 12.8 Å². The van der Waals surface area contributed by atoms with Crippen LogP contribution in [-0.2, 0) is 4.79 Å². The number of nitrogens with zero attached hydrogens (tertiary/aromatic N) is 1. The van der Waals surface area contributed by atoms with Gasteiger partial charge in [0.15, 0.2) is 11.5 Å². The second kappa shape index (κ2) is 21.1. The molecule has 3 rings (SSSR count). The number of esters is 1. The van der Waals surface area contributed by atoms with Crippen molar-refractivity contribution in [2.75, 3.05) is 7.11 Å². The number of aliphatic imine (C=N–C) groups is 1. The summed E-state index contributed by atoms with van der Waals surface area (Å²) >= 11 is 0. The zero-order valence-corrected chi connectivity index (χ0v) is 26.4. The van der Waals surface area contributed by atoms with Gasteiger partial charge in [-0.3, -0.25) is 9.79 Å². The van der Waals surface area contributed by atoms with Crippen LogP contribution < -0.4 is 14.2 Å². The second-order valence-corrected chi connectivity index (χ2v) is 11.3. The quantitative estimate of drug-likeness (QED) is 0.0509. The summed E-state index contributed by atoms with van der Waals surface area (Å²) in [7, 11) is 1.58. The number of ether oxygens (including phenoxy) is 3. The van der Waals surface area contributed by atoms with Crippen LogP contribution in [0, 0.1) is 0 Å². The molecule has 0 N–H and O–H groups in total. The van der Waals surface area contributed by atoms with Crippen molar-refractivity contribution >= 4 is 17.9 Å². The Hall–Kier alpha value is -3.60. The van der Waals surface area contributed by atoms with Crippen molar-refractivity contribution in [2.24, 2.45) is 4.99 Å². The molecular formula is C38H51NO4. The van der Waals surface area contributed by atoms with E-state index >= 15 is 0 Å². The van der Waals surface area contributed by atoms with E-state index < -0.39 is 0 Å². The molecule has 3 aromatic rings. The predicted octanol–water partition coefficient (Wildman–Crippen LogP) is 11.4. The molecule has 0 aliphatic carbocycles. The van der Waals surface area contributed by atoms with Crippen LogP contribution in [0.15, 0.2) is 77.8 Å². The van der Waals surface area contributed by atoms with Crippen LogP contribution in [0.1, 0.15) is 115 Å². The van der Waals surface area contributed by atoms with Crippen molar-refractivity contribution in [3.63, 3.8) is 0 Å². The molecule has 0 spiro atoms. The second-order valence-electron chi connectivity index (χ2n) is 11.3. The van der Waals surface area contributed by atoms with Gasteiger partial charge in [0.2, 0.25) is 0 Å². The molecule has 3 aromatic carbocycles. The number of rotatable bonds is 22. The van der Waals surface area contributed by atoms with Crippen LogP contribution >= 0.6 is 0 Å². The van der Waals surface area contributed by atoms with Gasteiger partial charge in [-0.25, -0.2) is 0 Å². The topological polar surface area (TPSA) is 57.1 Å². The highest BCUT2D eigenvalue weighted by atomic mass is 16.6. The van der Waals surface area contributed by atoms with Gasteiger partial charge < -0.3 is 14.2 Å². The van der Waals surface area contributed by atoms with Gasteiger partial charge in [-0.2, -0.15) is 0 Å². The lowest BCUT2D eigenvalue weighted by molar-refractivity contribution is -0.134. The van der Waals surface area contributed by atoms with Crippen molar-refractivity contribution in [3.05, 3.63) is 78.4 Å². The smallest absolute Gasteiger partial charge is 0.311 e. The monoisotopic (exact) mass is 585 g/mol. The van der Waals surface area contributed by atoms with Crippen molar-refractivity contribution in [1.82, 2.24) is 0 Å². The third-order valence-electron chi connectivity index (χ3n) is 7.57. The number of carbonyl (C=O) groups is 1. The van der Waals surface area contributed by atoms with Crippen LogP contribution in [-0.4, -0.2) is 19.3 Å². The number of unbranched alkanes of at least 4 members (excludes halogenated alkanes) is 14. The Balaban J connectivity index is 1.28. The number of hydrogen-bond acceptors (Lipinski definition) is 5. The molecule has 0 heterocycles. The molecule has 0 saturated heterocycles. The lowest BCUT2D eigenvalue weighted by Crippen LogP contribution is -2.08. The van der Waals surface area contributed by atoms with E-state index in [-0.39, 0.29) is 5.97 Å². The minimum Gasteiger partial charge on any atom is -0.493 e. The van der Waals surface area contributed by atoms with Gasteiger partial charge in [-0.15, -0.1) is 0 Å². The van der Waals surface area contributed by atoms with Crippen LogP contribution in [0.25, 0.3) is 0 Å². The van der Waals surface area contributed by atoms with Crippen molar-refractivity contribution in [1.29, 1.82) is 0 Å². The van der Waals surface area contributed by atoms with Gasteiger partial charge in [0, 0.05) is 12.6 Å². The first kappa shape index (κ1) is 33.9. The first-order valence-electron chi connectivity index (χ1n) is 16.4. The zero-order valence-electron chi connectivity index (χ0n) is 26.4. The van der Waals surface area contributed by atoms with E-state index in [1.165, 1.54) is 83.5 Å². The number of para-hydroxylation sites is 1. The first-order chi connectivity index (χ1) is 21.2. The Bertz CT molecular complexity index is 1190. The molecule has 0 fully saturated rings. The standard InChI is InChI=1S/C38H51NO4/c1-3-4-5-6-7-8-9-10-11-12-13-14-15-16-20-23-38(40)43-36-29-24-32(30-37(36)41-2)31-39-33-25-27-35(28-26-33)42-34-21-18-17-19-22-34/h17-19,21-22,24-31H,3-16,20,23H2,1-2H3. The third-order valence-corrected chi connectivity index (χ3v) is 7.57. The Morgan fingerprint density at radius 1 is 0.651 bits per heavy atom. The largest absolute Gasteiger partial charge is 0.493 e. The molecule has 0 atom stereocenters. The Morgan fingerprint density at radius 2 is 1.21 bits per heavy atom. The van der Waals surface area contributed by atoms with Crippen molar-refractivity contribution < 1.29 is 19.0 Å².